The van der Waals surface area contributed by atoms with Crippen LogP contribution in [0.2, 0.25) is 0 Å². The van der Waals surface area contributed by atoms with Gasteiger partial charge in [-0.25, -0.2) is 4.79 Å². The van der Waals surface area contributed by atoms with Crippen LogP contribution in [0.15, 0.2) is 30.3 Å². The molecule has 1 aromatic rings. The summed E-state index contributed by atoms with van der Waals surface area (Å²) in [6.07, 6.45) is -0.956. The molecule has 0 aromatic heterocycles. The average molecular weight is 710 g/mol. The molecule has 1 aliphatic carbocycles. The van der Waals surface area contributed by atoms with Crippen molar-refractivity contribution in [2.45, 2.75) is 133 Å². The number of halogens is 3. The molecule has 1 aromatic carbocycles. The number of hydrogen-bond donors (Lipinski definition) is 4. The zero-order valence-electron chi connectivity index (χ0n) is 29.5. The highest BCUT2D eigenvalue weighted by Crippen LogP contribution is 2.36. The van der Waals surface area contributed by atoms with Gasteiger partial charge < -0.3 is 25.4 Å². The number of aliphatic hydroxyl groups excluding tert-OH is 1. The van der Waals surface area contributed by atoms with E-state index >= 15 is 0 Å². The molecule has 0 radical (unpaired) electrons. The zero-order chi connectivity index (χ0) is 36.5. The molecular weight excluding hydrogens is 655 g/mol. The van der Waals surface area contributed by atoms with Crippen LogP contribution < -0.4 is 16.0 Å². The number of alkyl halides is 3. The first kappa shape index (κ1) is 39.6. The average Bonchev–Trinajstić information content (AvgIpc) is 3.56. The summed E-state index contributed by atoms with van der Waals surface area (Å²) in [5.74, 6) is -1.83. The third-order valence-electron chi connectivity index (χ3n) is 9.90. The summed E-state index contributed by atoms with van der Waals surface area (Å²) >= 11 is 0. The van der Waals surface area contributed by atoms with Gasteiger partial charge in [0.15, 0.2) is 6.10 Å². The Morgan fingerprint density at radius 3 is 2.20 bits per heavy atom. The SMILES string of the molecule is CC(C)(C)OC(=O)CNC1CCN(C(=O)N[C@@H](Cc2ccccc2)C(=O)NC(=O)[C@@H]2CCCN2[C@H](CC2CCCCC2)[C@@H](O)C(F)(F)F)CC1. The van der Waals surface area contributed by atoms with E-state index in [4.69, 9.17) is 4.74 Å². The van der Waals surface area contributed by atoms with E-state index in [9.17, 15) is 37.5 Å². The van der Waals surface area contributed by atoms with Crippen molar-refractivity contribution in [3.63, 3.8) is 0 Å². The Kier molecular flexibility index (Phi) is 14.1. The van der Waals surface area contributed by atoms with Crippen molar-refractivity contribution in [1.29, 1.82) is 0 Å². The maximum absolute atomic E-state index is 13.9. The lowest BCUT2D eigenvalue weighted by molar-refractivity contribution is -0.224. The number of likely N-dealkylation sites (tertiary alicyclic amines) is 2. The number of rotatable bonds is 12. The fourth-order valence-corrected chi connectivity index (χ4v) is 7.38. The molecule has 2 heterocycles. The minimum absolute atomic E-state index is 0.000218. The lowest BCUT2D eigenvalue weighted by atomic mass is 9.83. The summed E-state index contributed by atoms with van der Waals surface area (Å²) in [5.41, 5.74) is 0.157. The first-order chi connectivity index (χ1) is 23.6. The predicted molar refractivity (Wildman–Crippen MR) is 181 cm³/mol. The number of urea groups is 1. The van der Waals surface area contributed by atoms with Gasteiger partial charge in [-0.2, -0.15) is 13.2 Å². The summed E-state index contributed by atoms with van der Waals surface area (Å²) in [6, 6.07) is 5.05. The lowest BCUT2D eigenvalue weighted by Crippen LogP contribution is -2.59. The van der Waals surface area contributed by atoms with E-state index in [1.807, 2.05) is 6.07 Å². The van der Waals surface area contributed by atoms with Crippen molar-refractivity contribution in [3.8, 4) is 0 Å². The van der Waals surface area contributed by atoms with Crippen molar-refractivity contribution in [2.24, 2.45) is 5.92 Å². The molecule has 0 spiro atoms. The molecule has 0 bridgehead atoms. The Bertz CT molecular complexity index is 1280. The number of carbonyl (C=O) groups is 4. The van der Waals surface area contributed by atoms with E-state index in [0.717, 1.165) is 37.7 Å². The molecule has 4 rings (SSSR count). The molecular formula is C36H54F3N5O6. The van der Waals surface area contributed by atoms with Crippen molar-refractivity contribution in [3.05, 3.63) is 35.9 Å². The highest BCUT2D eigenvalue weighted by atomic mass is 19.4. The number of ether oxygens (including phenoxy) is 1. The number of benzene rings is 1. The number of carbonyl (C=O) groups excluding carboxylic acids is 4. The van der Waals surface area contributed by atoms with Crippen LogP contribution in [0.3, 0.4) is 0 Å². The van der Waals surface area contributed by atoms with Gasteiger partial charge in [0.25, 0.3) is 0 Å². The minimum Gasteiger partial charge on any atom is -0.459 e. The van der Waals surface area contributed by atoms with Crippen molar-refractivity contribution >= 4 is 23.8 Å². The third kappa shape index (κ3) is 11.9. The maximum atomic E-state index is 13.9. The molecule has 4 N–H and O–H groups in total. The van der Waals surface area contributed by atoms with Crippen molar-refractivity contribution in [2.75, 3.05) is 26.2 Å². The van der Waals surface area contributed by atoms with Gasteiger partial charge in [-0.15, -0.1) is 0 Å². The molecule has 11 nitrogen and oxygen atoms in total. The summed E-state index contributed by atoms with van der Waals surface area (Å²) < 4.78 is 47.0. The number of nitrogens with zero attached hydrogens (tertiary/aromatic N) is 2. The van der Waals surface area contributed by atoms with Gasteiger partial charge in [0.1, 0.15) is 11.6 Å². The van der Waals surface area contributed by atoms with Gasteiger partial charge in [0.2, 0.25) is 11.8 Å². The van der Waals surface area contributed by atoms with E-state index in [1.54, 1.807) is 49.9 Å². The molecule has 4 amide bonds. The number of hydrogen-bond acceptors (Lipinski definition) is 8. The lowest BCUT2D eigenvalue weighted by Gasteiger charge is -2.38. The Morgan fingerprint density at radius 2 is 1.58 bits per heavy atom. The molecule has 4 atom stereocenters. The summed E-state index contributed by atoms with van der Waals surface area (Å²) in [6.45, 7) is 6.38. The molecule has 280 valence electrons. The van der Waals surface area contributed by atoms with Crippen LogP contribution in [0.1, 0.15) is 90.5 Å². The van der Waals surface area contributed by atoms with E-state index in [-0.39, 0.29) is 50.3 Å². The summed E-state index contributed by atoms with van der Waals surface area (Å²) in [4.78, 5) is 55.7. The molecule has 2 saturated heterocycles. The van der Waals surface area contributed by atoms with Crippen molar-refractivity contribution < 1.29 is 42.2 Å². The largest absolute Gasteiger partial charge is 0.459 e. The Balaban J connectivity index is 1.39. The van der Waals surface area contributed by atoms with Gasteiger partial charge in [0, 0.05) is 31.6 Å². The Hall–Kier alpha value is -3.23. The van der Waals surface area contributed by atoms with Crippen molar-refractivity contribution in [1.82, 2.24) is 25.8 Å². The first-order valence-electron chi connectivity index (χ1n) is 18.0. The normalized spacial score (nSPS) is 21.7. The fraction of sp³-hybridized carbons (Fsp3) is 0.722. The molecule has 14 heteroatoms. The number of aliphatic hydroxyl groups is 1. The van der Waals surface area contributed by atoms with Gasteiger partial charge in [-0.1, -0.05) is 62.4 Å². The highest BCUT2D eigenvalue weighted by molar-refractivity contribution is 6.01. The molecule has 1 saturated carbocycles. The van der Waals surface area contributed by atoms with E-state index in [2.05, 4.69) is 16.0 Å². The van der Waals surface area contributed by atoms with Gasteiger partial charge in [0.05, 0.1) is 12.6 Å². The molecule has 3 aliphatic rings. The quantitative estimate of drug-likeness (QED) is 0.238. The van der Waals surface area contributed by atoms with Crippen LogP contribution in [0.4, 0.5) is 18.0 Å². The Labute approximate surface area is 293 Å². The molecule has 50 heavy (non-hydrogen) atoms. The fourth-order valence-electron chi connectivity index (χ4n) is 7.38. The number of esters is 1. The Morgan fingerprint density at radius 1 is 0.920 bits per heavy atom. The zero-order valence-corrected chi connectivity index (χ0v) is 29.5. The minimum atomic E-state index is -4.85. The second kappa shape index (κ2) is 17.8. The van der Waals surface area contributed by atoms with Crippen LogP contribution in [0, 0.1) is 5.92 Å². The summed E-state index contributed by atoms with van der Waals surface area (Å²) in [7, 11) is 0. The second-order valence-corrected chi connectivity index (χ2v) is 15.0. The standard InChI is InChI=1S/C36H54F3N5O6/c1-35(2,3)50-30(45)23-40-26-16-19-43(20-17-26)34(49)41-27(21-24-11-6-4-7-12-24)32(47)42-33(48)28-15-10-18-44(28)29(31(46)36(37,38)39)22-25-13-8-5-9-14-25/h4,6-7,11-12,25-29,31,40,46H,5,8-10,13-23H2,1-3H3,(H,41,49)(H,42,47,48)/t27-,28-,29+,31+/m0/s1. The number of nitrogens with one attached hydrogen (secondary N) is 3. The van der Waals surface area contributed by atoms with Gasteiger partial charge >= 0.3 is 18.2 Å². The monoisotopic (exact) mass is 709 g/mol. The summed E-state index contributed by atoms with van der Waals surface area (Å²) in [5, 5.41) is 18.8. The van der Waals surface area contributed by atoms with E-state index in [0.29, 0.717) is 32.4 Å². The second-order valence-electron chi connectivity index (χ2n) is 15.0. The first-order valence-corrected chi connectivity index (χ1v) is 18.0. The van der Waals surface area contributed by atoms with E-state index in [1.165, 1.54) is 4.90 Å². The maximum Gasteiger partial charge on any atom is 0.415 e. The van der Waals surface area contributed by atoms with Crippen LogP contribution in [-0.4, -0.2) is 107 Å². The van der Waals surface area contributed by atoms with Crippen LogP contribution in [0.5, 0.6) is 0 Å². The van der Waals surface area contributed by atoms with E-state index < -0.39 is 53.9 Å². The number of imide groups is 1. The third-order valence-corrected chi connectivity index (χ3v) is 9.90. The predicted octanol–water partition coefficient (Wildman–Crippen LogP) is 4.07. The van der Waals surface area contributed by atoms with Gasteiger partial charge in [-0.05, 0) is 70.9 Å². The molecule has 2 aliphatic heterocycles. The molecule has 3 fully saturated rings. The smallest absolute Gasteiger partial charge is 0.415 e. The highest BCUT2D eigenvalue weighted by Gasteiger charge is 2.49. The number of piperidine rings is 1. The topological polar surface area (TPSA) is 140 Å². The number of amides is 4. The molecule has 0 unspecified atom stereocenters. The van der Waals surface area contributed by atoms with Crippen LogP contribution in [-0.2, 0) is 25.5 Å². The van der Waals surface area contributed by atoms with Crippen LogP contribution in [0.25, 0.3) is 0 Å². The van der Waals surface area contributed by atoms with Gasteiger partial charge in [-0.3, -0.25) is 24.6 Å². The van der Waals surface area contributed by atoms with Crippen LogP contribution >= 0.6 is 0 Å².